The first-order valence-electron chi connectivity index (χ1n) is 9.29. The van der Waals surface area contributed by atoms with Gasteiger partial charge in [0, 0.05) is 38.8 Å². The Morgan fingerprint density at radius 1 is 0.926 bits per heavy atom. The zero-order valence-electron chi connectivity index (χ0n) is 15.8. The third-order valence-corrected chi connectivity index (χ3v) is 4.69. The number of rotatable bonds is 6. The lowest BCUT2D eigenvalue weighted by Gasteiger charge is -2.33. The normalized spacial score (nSPS) is 15.5. The molecule has 1 saturated heterocycles. The van der Waals surface area contributed by atoms with Crippen molar-refractivity contribution >= 4 is 18.1 Å². The predicted molar refractivity (Wildman–Crippen MR) is 111 cm³/mol. The van der Waals surface area contributed by atoms with Crippen molar-refractivity contribution < 1.29 is 9.53 Å². The van der Waals surface area contributed by atoms with Crippen molar-refractivity contribution in [1.29, 1.82) is 0 Å². The van der Waals surface area contributed by atoms with Crippen molar-refractivity contribution in [2.75, 3.05) is 39.8 Å². The molecule has 0 bridgehead atoms. The van der Waals surface area contributed by atoms with Crippen LogP contribution in [-0.4, -0.2) is 55.5 Å². The van der Waals surface area contributed by atoms with Crippen molar-refractivity contribution in [3.8, 4) is 5.75 Å². The second-order valence-electron chi connectivity index (χ2n) is 6.55. The minimum absolute atomic E-state index is 0.0743. The molecule has 2 aromatic carbocycles. The van der Waals surface area contributed by atoms with Gasteiger partial charge in [-0.3, -0.25) is 9.69 Å². The number of hydrogen-bond donors (Lipinski definition) is 0. The molecule has 0 aliphatic carbocycles. The highest BCUT2D eigenvalue weighted by molar-refractivity contribution is 5.91. The molecule has 4 nitrogen and oxygen atoms in total. The fourth-order valence-electron chi connectivity index (χ4n) is 3.04. The van der Waals surface area contributed by atoms with Gasteiger partial charge in [0.05, 0.1) is 7.11 Å². The maximum Gasteiger partial charge on any atom is 0.246 e. The molecule has 1 aliphatic heterocycles. The number of amides is 1. The number of carbonyl (C=O) groups excluding carboxylic acids is 1. The van der Waals surface area contributed by atoms with Gasteiger partial charge < -0.3 is 9.64 Å². The van der Waals surface area contributed by atoms with E-state index in [1.165, 1.54) is 5.56 Å². The first-order valence-corrected chi connectivity index (χ1v) is 9.29. The SMILES string of the molecule is COc1ccc(/C=C/C(=O)N2CCN(C/C=C/c3ccccc3)CC2)cc1. The summed E-state index contributed by atoms with van der Waals surface area (Å²) in [6.07, 6.45) is 7.86. The Morgan fingerprint density at radius 3 is 2.26 bits per heavy atom. The Bertz CT molecular complexity index is 774. The molecule has 1 fully saturated rings. The Morgan fingerprint density at radius 2 is 1.59 bits per heavy atom. The molecule has 0 spiro atoms. The molecule has 0 N–H and O–H groups in total. The summed E-state index contributed by atoms with van der Waals surface area (Å²) in [5, 5.41) is 0. The second-order valence-corrected chi connectivity index (χ2v) is 6.55. The minimum Gasteiger partial charge on any atom is -0.497 e. The number of benzene rings is 2. The molecule has 0 saturated carbocycles. The van der Waals surface area contributed by atoms with Crippen LogP contribution in [0.25, 0.3) is 12.2 Å². The number of carbonyl (C=O) groups is 1. The van der Waals surface area contributed by atoms with Gasteiger partial charge in [-0.2, -0.15) is 0 Å². The summed E-state index contributed by atoms with van der Waals surface area (Å²) >= 11 is 0. The summed E-state index contributed by atoms with van der Waals surface area (Å²) in [5.41, 5.74) is 2.21. The summed E-state index contributed by atoms with van der Waals surface area (Å²) in [6, 6.07) is 18.0. The Labute approximate surface area is 161 Å². The van der Waals surface area contributed by atoms with Crippen LogP contribution >= 0.6 is 0 Å². The van der Waals surface area contributed by atoms with Crippen molar-refractivity contribution in [1.82, 2.24) is 9.80 Å². The molecule has 2 aromatic rings. The van der Waals surface area contributed by atoms with E-state index < -0.39 is 0 Å². The first kappa shape index (κ1) is 18.9. The van der Waals surface area contributed by atoms with Crippen molar-refractivity contribution in [2.24, 2.45) is 0 Å². The van der Waals surface area contributed by atoms with Crippen LogP contribution in [0.15, 0.2) is 66.7 Å². The summed E-state index contributed by atoms with van der Waals surface area (Å²) in [5.74, 6) is 0.890. The molecule has 140 valence electrons. The molecule has 3 rings (SSSR count). The number of methoxy groups -OCH3 is 1. The van der Waals surface area contributed by atoms with E-state index in [0.29, 0.717) is 0 Å². The summed E-state index contributed by atoms with van der Waals surface area (Å²) in [6.45, 7) is 4.26. The van der Waals surface area contributed by atoms with Crippen LogP contribution in [0.1, 0.15) is 11.1 Å². The van der Waals surface area contributed by atoms with E-state index in [0.717, 1.165) is 44.0 Å². The van der Waals surface area contributed by atoms with Crippen molar-refractivity contribution in [2.45, 2.75) is 0 Å². The van der Waals surface area contributed by atoms with Crippen LogP contribution in [0.2, 0.25) is 0 Å². The Balaban J connectivity index is 1.43. The average molecular weight is 362 g/mol. The van der Waals surface area contributed by atoms with Gasteiger partial charge in [-0.1, -0.05) is 54.6 Å². The highest BCUT2D eigenvalue weighted by atomic mass is 16.5. The van der Waals surface area contributed by atoms with E-state index in [-0.39, 0.29) is 5.91 Å². The van der Waals surface area contributed by atoms with Gasteiger partial charge in [0.15, 0.2) is 0 Å². The van der Waals surface area contributed by atoms with Gasteiger partial charge >= 0.3 is 0 Å². The maximum absolute atomic E-state index is 12.4. The zero-order valence-corrected chi connectivity index (χ0v) is 15.8. The first-order chi connectivity index (χ1) is 13.2. The summed E-state index contributed by atoms with van der Waals surface area (Å²) < 4.78 is 5.14. The number of hydrogen-bond acceptors (Lipinski definition) is 3. The number of nitrogens with zero attached hydrogens (tertiary/aromatic N) is 2. The van der Waals surface area contributed by atoms with Gasteiger partial charge in [-0.05, 0) is 29.3 Å². The molecule has 0 aromatic heterocycles. The molecule has 1 heterocycles. The average Bonchev–Trinajstić information content (AvgIpc) is 2.73. The van der Waals surface area contributed by atoms with Crippen LogP contribution in [-0.2, 0) is 4.79 Å². The number of piperazine rings is 1. The van der Waals surface area contributed by atoms with Crippen molar-refractivity contribution in [3.05, 3.63) is 77.9 Å². The van der Waals surface area contributed by atoms with E-state index in [9.17, 15) is 4.79 Å². The number of ether oxygens (including phenoxy) is 1. The fraction of sp³-hybridized carbons (Fsp3) is 0.261. The van der Waals surface area contributed by atoms with Gasteiger partial charge in [0.25, 0.3) is 0 Å². The molecule has 0 atom stereocenters. The second kappa shape index (κ2) is 9.74. The molecule has 0 radical (unpaired) electrons. The van der Waals surface area contributed by atoms with E-state index in [1.807, 2.05) is 53.4 Å². The van der Waals surface area contributed by atoms with Crippen LogP contribution in [0.5, 0.6) is 5.75 Å². The van der Waals surface area contributed by atoms with E-state index in [1.54, 1.807) is 13.2 Å². The Kier molecular flexibility index (Phi) is 6.83. The molecule has 0 unspecified atom stereocenters. The predicted octanol–water partition coefficient (Wildman–Crippen LogP) is 3.57. The lowest BCUT2D eigenvalue weighted by atomic mass is 10.2. The summed E-state index contributed by atoms with van der Waals surface area (Å²) in [7, 11) is 1.64. The van der Waals surface area contributed by atoms with E-state index in [4.69, 9.17) is 4.74 Å². The van der Waals surface area contributed by atoms with Crippen LogP contribution < -0.4 is 4.74 Å². The molecular formula is C23H26N2O2. The Hall–Kier alpha value is -2.85. The molecule has 1 amide bonds. The fourth-order valence-corrected chi connectivity index (χ4v) is 3.04. The third-order valence-electron chi connectivity index (χ3n) is 4.69. The minimum atomic E-state index is 0.0743. The lowest BCUT2D eigenvalue weighted by molar-refractivity contribution is -0.127. The molecule has 1 aliphatic rings. The van der Waals surface area contributed by atoms with Crippen molar-refractivity contribution in [3.63, 3.8) is 0 Å². The monoisotopic (exact) mass is 362 g/mol. The van der Waals surface area contributed by atoms with Gasteiger partial charge in [0.2, 0.25) is 5.91 Å². The third kappa shape index (κ3) is 5.83. The van der Waals surface area contributed by atoms with E-state index in [2.05, 4.69) is 29.2 Å². The molecular weight excluding hydrogens is 336 g/mol. The lowest BCUT2D eigenvalue weighted by Crippen LogP contribution is -2.48. The largest absolute Gasteiger partial charge is 0.497 e. The quantitative estimate of drug-likeness (QED) is 0.737. The smallest absolute Gasteiger partial charge is 0.246 e. The summed E-state index contributed by atoms with van der Waals surface area (Å²) in [4.78, 5) is 16.7. The van der Waals surface area contributed by atoms with Gasteiger partial charge in [-0.25, -0.2) is 0 Å². The van der Waals surface area contributed by atoms with Crippen LogP contribution in [0.3, 0.4) is 0 Å². The van der Waals surface area contributed by atoms with Crippen LogP contribution in [0, 0.1) is 0 Å². The highest BCUT2D eigenvalue weighted by Crippen LogP contribution is 2.13. The molecule has 27 heavy (non-hydrogen) atoms. The standard InChI is InChI=1S/C23H26N2O2/c1-27-22-12-9-21(10-13-22)11-14-23(26)25-18-16-24(17-19-25)15-5-8-20-6-3-2-4-7-20/h2-14H,15-19H2,1H3/b8-5+,14-11+. The van der Waals surface area contributed by atoms with Gasteiger partial charge in [-0.15, -0.1) is 0 Å². The zero-order chi connectivity index (χ0) is 18.9. The van der Waals surface area contributed by atoms with E-state index >= 15 is 0 Å². The van der Waals surface area contributed by atoms with Gasteiger partial charge in [0.1, 0.15) is 5.75 Å². The maximum atomic E-state index is 12.4. The highest BCUT2D eigenvalue weighted by Gasteiger charge is 2.18. The van der Waals surface area contributed by atoms with Crippen LogP contribution in [0.4, 0.5) is 0 Å². The molecule has 4 heteroatoms. The topological polar surface area (TPSA) is 32.8 Å².